The van der Waals surface area contributed by atoms with Gasteiger partial charge in [-0.1, -0.05) is 19.1 Å². The van der Waals surface area contributed by atoms with Crippen molar-refractivity contribution in [3.8, 4) is 10.4 Å². The molecule has 150 valence electrons. The van der Waals surface area contributed by atoms with Crippen molar-refractivity contribution in [1.82, 2.24) is 0 Å². The number of benzene rings is 1. The number of hydrogen-bond acceptors (Lipinski definition) is 3. The number of carbonyl (C=O) groups is 2. The van der Waals surface area contributed by atoms with Crippen LogP contribution in [-0.4, -0.2) is 23.0 Å². The van der Waals surface area contributed by atoms with Crippen molar-refractivity contribution < 1.29 is 19.1 Å². The minimum Gasteiger partial charge on any atom is -0.478 e. The minimum absolute atomic E-state index is 0.0110. The maximum Gasteiger partial charge on any atom is 0.338 e. The van der Waals surface area contributed by atoms with Gasteiger partial charge in [0.2, 0.25) is 5.91 Å². The summed E-state index contributed by atoms with van der Waals surface area (Å²) in [6.45, 7) is 6.02. The molecule has 1 heterocycles. The molecule has 0 bridgehead atoms. The third-order valence-corrected chi connectivity index (χ3v) is 6.59. The Morgan fingerprint density at radius 2 is 1.75 bits per heavy atom. The van der Waals surface area contributed by atoms with Crippen LogP contribution in [0.2, 0.25) is 0 Å². The summed E-state index contributed by atoms with van der Waals surface area (Å²) >= 11 is 1.28. The fourth-order valence-corrected chi connectivity index (χ4v) is 5.06. The number of carboxylic acids is 1. The second-order valence-electron chi connectivity index (χ2n) is 7.90. The van der Waals surface area contributed by atoms with Gasteiger partial charge in [0.15, 0.2) is 0 Å². The molecule has 1 aliphatic carbocycles. The van der Waals surface area contributed by atoms with E-state index in [9.17, 15) is 19.1 Å². The normalized spacial score (nSPS) is 19.6. The van der Waals surface area contributed by atoms with Crippen LogP contribution < -0.4 is 4.90 Å². The molecule has 1 fully saturated rings. The lowest BCUT2D eigenvalue weighted by atomic mass is 9.82. The zero-order valence-electron chi connectivity index (χ0n) is 16.4. The van der Waals surface area contributed by atoms with Crippen molar-refractivity contribution >= 4 is 28.2 Å². The zero-order valence-corrected chi connectivity index (χ0v) is 17.3. The molecule has 1 aromatic heterocycles. The molecule has 0 aliphatic heterocycles. The maximum absolute atomic E-state index is 13.3. The Balaban J connectivity index is 1.99. The fourth-order valence-electron chi connectivity index (χ4n) is 3.76. The highest BCUT2D eigenvalue weighted by Crippen LogP contribution is 2.40. The lowest BCUT2D eigenvalue weighted by molar-refractivity contribution is -0.123. The van der Waals surface area contributed by atoms with Gasteiger partial charge in [-0.3, -0.25) is 4.79 Å². The Morgan fingerprint density at radius 1 is 1.14 bits per heavy atom. The molecule has 0 radical (unpaired) electrons. The van der Waals surface area contributed by atoms with E-state index in [1.54, 1.807) is 23.1 Å². The SMILES string of the molecule is CC1CCC(C(=O)N(c2sc(-c3ccc(F)cc3)cc2C(=O)O)C(C)C)CC1. The number of anilines is 1. The number of nitrogens with zero attached hydrogens (tertiary/aromatic N) is 1. The van der Waals surface area contributed by atoms with Crippen molar-refractivity contribution in [3.63, 3.8) is 0 Å². The summed E-state index contributed by atoms with van der Waals surface area (Å²) in [4.78, 5) is 27.6. The number of carboxylic acid groups (broad SMARTS) is 1. The number of amides is 1. The number of aromatic carboxylic acids is 1. The van der Waals surface area contributed by atoms with Crippen LogP contribution in [0.3, 0.4) is 0 Å². The molecule has 1 N–H and O–H groups in total. The van der Waals surface area contributed by atoms with Crippen molar-refractivity contribution in [2.45, 2.75) is 52.5 Å². The predicted molar refractivity (Wildman–Crippen MR) is 110 cm³/mol. The van der Waals surface area contributed by atoms with E-state index in [4.69, 9.17) is 0 Å². The summed E-state index contributed by atoms with van der Waals surface area (Å²) < 4.78 is 13.2. The molecule has 4 nitrogen and oxygen atoms in total. The molecule has 0 atom stereocenters. The number of hydrogen-bond donors (Lipinski definition) is 1. The minimum atomic E-state index is -1.06. The number of halogens is 1. The Hall–Kier alpha value is -2.21. The molecule has 1 saturated carbocycles. The predicted octanol–water partition coefficient (Wildman–Crippen LogP) is 5.82. The van der Waals surface area contributed by atoms with Crippen LogP contribution in [0.1, 0.15) is 56.8 Å². The molecular formula is C22H26FNO3S. The summed E-state index contributed by atoms with van der Waals surface area (Å²) in [6, 6.07) is 7.39. The Kier molecular flexibility index (Phi) is 6.18. The van der Waals surface area contributed by atoms with Crippen LogP contribution in [0.25, 0.3) is 10.4 Å². The van der Waals surface area contributed by atoms with Crippen LogP contribution in [-0.2, 0) is 4.79 Å². The standard InChI is InChI=1S/C22H26FNO3S/c1-13(2)24(20(25)16-6-4-14(3)5-7-16)21-18(22(26)27)12-19(28-21)15-8-10-17(23)11-9-15/h8-14,16H,4-7H2,1-3H3,(H,26,27). The van der Waals surface area contributed by atoms with Gasteiger partial charge in [-0.2, -0.15) is 0 Å². The second-order valence-corrected chi connectivity index (χ2v) is 8.93. The molecule has 1 amide bonds. The monoisotopic (exact) mass is 403 g/mol. The van der Waals surface area contributed by atoms with Crippen molar-refractivity contribution in [2.24, 2.45) is 11.8 Å². The van der Waals surface area contributed by atoms with Crippen LogP contribution >= 0.6 is 11.3 Å². The Labute approximate surface area is 169 Å². The molecule has 0 spiro atoms. The van der Waals surface area contributed by atoms with E-state index in [-0.39, 0.29) is 29.2 Å². The van der Waals surface area contributed by atoms with E-state index in [0.29, 0.717) is 15.8 Å². The van der Waals surface area contributed by atoms with Crippen LogP contribution in [0.15, 0.2) is 30.3 Å². The van der Waals surface area contributed by atoms with E-state index in [2.05, 4.69) is 6.92 Å². The molecule has 0 saturated heterocycles. The first-order valence-electron chi connectivity index (χ1n) is 9.74. The highest BCUT2D eigenvalue weighted by Gasteiger charge is 2.33. The molecule has 1 aromatic carbocycles. The van der Waals surface area contributed by atoms with Crippen LogP contribution in [0.4, 0.5) is 9.39 Å². The van der Waals surface area contributed by atoms with Gasteiger partial charge in [0, 0.05) is 16.8 Å². The van der Waals surface area contributed by atoms with Gasteiger partial charge in [0.1, 0.15) is 10.8 Å². The quantitative estimate of drug-likeness (QED) is 0.684. The summed E-state index contributed by atoms with van der Waals surface area (Å²) in [5, 5.41) is 10.2. The maximum atomic E-state index is 13.3. The van der Waals surface area contributed by atoms with Gasteiger partial charge in [-0.25, -0.2) is 9.18 Å². The number of carbonyl (C=O) groups excluding carboxylic acids is 1. The largest absolute Gasteiger partial charge is 0.478 e. The first kappa shape index (κ1) is 20.5. The molecule has 1 aliphatic rings. The third-order valence-electron chi connectivity index (χ3n) is 5.41. The summed E-state index contributed by atoms with van der Waals surface area (Å²) in [7, 11) is 0. The third kappa shape index (κ3) is 4.27. The van der Waals surface area contributed by atoms with Gasteiger partial charge >= 0.3 is 5.97 Å². The van der Waals surface area contributed by atoms with Gasteiger partial charge in [-0.05, 0) is 69.2 Å². The average Bonchev–Trinajstić information content (AvgIpc) is 3.07. The molecule has 3 rings (SSSR count). The number of thiophene rings is 1. The van der Waals surface area contributed by atoms with Crippen LogP contribution in [0.5, 0.6) is 0 Å². The topological polar surface area (TPSA) is 57.6 Å². The van der Waals surface area contributed by atoms with Crippen molar-refractivity contribution in [3.05, 3.63) is 41.7 Å². The van der Waals surface area contributed by atoms with Crippen molar-refractivity contribution in [2.75, 3.05) is 4.90 Å². The highest BCUT2D eigenvalue weighted by atomic mass is 32.1. The highest BCUT2D eigenvalue weighted by molar-refractivity contribution is 7.20. The molecule has 28 heavy (non-hydrogen) atoms. The van der Waals surface area contributed by atoms with E-state index in [0.717, 1.165) is 31.2 Å². The van der Waals surface area contributed by atoms with Gasteiger partial charge in [0.05, 0.1) is 5.56 Å². The van der Waals surface area contributed by atoms with E-state index in [1.807, 2.05) is 13.8 Å². The Bertz CT molecular complexity index is 851. The van der Waals surface area contributed by atoms with Gasteiger partial charge in [-0.15, -0.1) is 11.3 Å². The fraction of sp³-hybridized carbons (Fsp3) is 0.455. The summed E-state index contributed by atoms with van der Waals surface area (Å²) in [6.07, 6.45) is 3.75. The Morgan fingerprint density at radius 3 is 2.29 bits per heavy atom. The lowest BCUT2D eigenvalue weighted by Gasteiger charge is -2.33. The first-order valence-corrected chi connectivity index (χ1v) is 10.6. The van der Waals surface area contributed by atoms with E-state index >= 15 is 0 Å². The van der Waals surface area contributed by atoms with Crippen molar-refractivity contribution in [1.29, 1.82) is 0 Å². The molecule has 6 heteroatoms. The van der Waals surface area contributed by atoms with Gasteiger partial charge < -0.3 is 10.0 Å². The average molecular weight is 404 g/mol. The summed E-state index contributed by atoms with van der Waals surface area (Å²) in [5.41, 5.74) is 0.860. The molecular weight excluding hydrogens is 377 g/mol. The van der Waals surface area contributed by atoms with E-state index in [1.165, 1.54) is 23.5 Å². The zero-order chi connectivity index (χ0) is 20.4. The smallest absolute Gasteiger partial charge is 0.338 e. The lowest BCUT2D eigenvalue weighted by Crippen LogP contribution is -2.42. The molecule has 2 aromatic rings. The number of rotatable bonds is 5. The first-order chi connectivity index (χ1) is 13.3. The van der Waals surface area contributed by atoms with E-state index < -0.39 is 5.97 Å². The summed E-state index contributed by atoms with van der Waals surface area (Å²) in [5.74, 6) is -0.814. The van der Waals surface area contributed by atoms with Crippen LogP contribution in [0, 0.1) is 17.7 Å². The molecule has 0 unspecified atom stereocenters. The second kappa shape index (κ2) is 8.43. The van der Waals surface area contributed by atoms with Gasteiger partial charge in [0.25, 0.3) is 0 Å².